The molecular formula is C16H20N2S. The minimum absolute atomic E-state index is 0.538. The molecule has 0 amide bonds. The molecule has 0 fully saturated rings. The van der Waals surface area contributed by atoms with E-state index in [0.29, 0.717) is 6.04 Å². The van der Waals surface area contributed by atoms with Gasteiger partial charge in [0.2, 0.25) is 0 Å². The van der Waals surface area contributed by atoms with Crippen molar-refractivity contribution in [1.82, 2.24) is 10.3 Å². The number of nitrogens with one attached hydrogen (secondary N) is 1. The van der Waals surface area contributed by atoms with E-state index in [2.05, 4.69) is 42.6 Å². The zero-order chi connectivity index (χ0) is 13.1. The number of thiazole rings is 1. The lowest BCUT2D eigenvalue weighted by Crippen LogP contribution is -2.23. The average molecular weight is 272 g/mol. The first-order chi connectivity index (χ1) is 9.36. The summed E-state index contributed by atoms with van der Waals surface area (Å²) >= 11 is 1.90. The van der Waals surface area contributed by atoms with E-state index in [4.69, 9.17) is 4.98 Å². The summed E-state index contributed by atoms with van der Waals surface area (Å²) in [5.41, 5.74) is 2.70. The summed E-state index contributed by atoms with van der Waals surface area (Å²) in [6, 6.07) is 11.2. The maximum atomic E-state index is 4.86. The van der Waals surface area contributed by atoms with Gasteiger partial charge in [0.25, 0.3) is 0 Å². The summed E-state index contributed by atoms with van der Waals surface area (Å²) in [5, 5.41) is 4.85. The number of fused-ring (bicyclic) bond motifs is 1. The molecule has 3 rings (SSSR count). The Labute approximate surface area is 118 Å². The Kier molecular flexibility index (Phi) is 3.95. The lowest BCUT2D eigenvalue weighted by Gasteiger charge is -2.21. The van der Waals surface area contributed by atoms with Gasteiger partial charge in [0, 0.05) is 17.3 Å². The van der Waals surface area contributed by atoms with Crippen molar-refractivity contribution in [2.75, 3.05) is 6.54 Å². The van der Waals surface area contributed by atoms with Crippen LogP contribution in [0.15, 0.2) is 30.3 Å². The van der Waals surface area contributed by atoms with Gasteiger partial charge in [0.1, 0.15) is 0 Å². The lowest BCUT2D eigenvalue weighted by atomic mass is 9.98. The molecule has 19 heavy (non-hydrogen) atoms. The van der Waals surface area contributed by atoms with E-state index in [-0.39, 0.29) is 0 Å². The second kappa shape index (κ2) is 5.85. The van der Waals surface area contributed by atoms with Crippen molar-refractivity contribution in [2.45, 2.75) is 38.6 Å². The summed E-state index contributed by atoms with van der Waals surface area (Å²) < 4.78 is 0. The van der Waals surface area contributed by atoms with Gasteiger partial charge in [-0.3, -0.25) is 0 Å². The minimum atomic E-state index is 0.538. The number of aromatic nitrogens is 1. The predicted octanol–water partition coefficient (Wildman–Crippen LogP) is 3.72. The molecule has 1 N–H and O–H groups in total. The molecule has 1 aliphatic carbocycles. The molecule has 100 valence electrons. The normalized spacial score (nSPS) is 18.3. The van der Waals surface area contributed by atoms with E-state index in [9.17, 15) is 0 Å². The molecule has 1 unspecified atom stereocenters. The van der Waals surface area contributed by atoms with Crippen LogP contribution in [0.4, 0.5) is 0 Å². The Morgan fingerprint density at radius 1 is 1.32 bits per heavy atom. The molecule has 1 aromatic heterocycles. The van der Waals surface area contributed by atoms with Crippen LogP contribution >= 0.6 is 11.3 Å². The summed E-state index contributed by atoms with van der Waals surface area (Å²) in [6.45, 7) is 3.22. The van der Waals surface area contributed by atoms with E-state index in [0.717, 1.165) is 19.4 Å². The van der Waals surface area contributed by atoms with Crippen LogP contribution in [0.25, 0.3) is 0 Å². The van der Waals surface area contributed by atoms with Gasteiger partial charge in [-0.05, 0) is 31.4 Å². The van der Waals surface area contributed by atoms with Gasteiger partial charge < -0.3 is 5.32 Å². The Morgan fingerprint density at radius 2 is 2.16 bits per heavy atom. The Morgan fingerprint density at radius 3 is 2.95 bits per heavy atom. The Bertz CT molecular complexity index is 533. The van der Waals surface area contributed by atoms with Gasteiger partial charge in [0.15, 0.2) is 0 Å². The summed E-state index contributed by atoms with van der Waals surface area (Å²) in [5.74, 6) is 0. The van der Waals surface area contributed by atoms with Gasteiger partial charge in [0.05, 0.1) is 10.7 Å². The summed E-state index contributed by atoms with van der Waals surface area (Å²) in [4.78, 5) is 6.34. The second-order valence-electron chi connectivity index (χ2n) is 5.08. The van der Waals surface area contributed by atoms with Crippen molar-refractivity contribution in [2.24, 2.45) is 0 Å². The standard InChI is InChI=1S/C16H20N2S/c1-2-17-13-9-6-10-14-16(13)19-15(18-14)11-12-7-4-3-5-8-12/h3-5,7-8,13,17H,2,6,9-11H2,1H3. The van der Waals surface area contributed by atoms with Gasteiger partial charge in [-0.1, -0.05) is 37.3 Å². The number of hydrogen-bond donors (Lipinski definition) is 1. The zero-order valence-electron chi connectivity index (χ0n) is 11.4. The van der Waals surface area contributed by atoms with Crippen LogP contribution < -0.4 is 5.32 Å². The van der Waals surface area contributed by atoms with Crippen LogP contribution in [-0.2, 0) is 12.8 Å². The Balaban J connectivity index is 1.81. The van der Waals surface area contributed by atoms with Crippen LogP contribution in [0.5, 0.6) is 0 Å². The van der Waals surface area contributed by atoms with E-state index in [1.54, 1.807) is 0 Å². The predicted molar refractivity (Wildman–Crippen MR) is 80.7 cm³/mol. The molecule has 1 aliphatic rings. The Hall–Kier alpha value is -1.19. The van der Waals surface area contributed by atoms with Crippen molar-refractivity contribution in [3.05, 3.63) is 51.5 Å². The first-order valence-electron chi connectivity index (χ1n) is 7.12. The molecule has 0 saturated heterocycles. The number of hydrogen-bond acceptors (Lipinski definition) is 3. The highest BCUT2D eigenvalue weighted by Gasteiger charge is 2.23. The maximum absolute atomic E-state index is 4.86. The molecular weight excluding hydrogens is 252 g/mol. The molecule has 2 nitrogen and oxygen atoms in total. The van der Waals surface area contributed by atoms with Gasteiger partial charge in [-0.2, -0.15) is 0 Å². The lowest BCUT2D eigenvalue weighted by molar-refractivity contribution is 0.476. The van der Waals surface area contributed by atoms with Crippen molar-refractivity contribution in [1.29, 1.82) is 0 Å². The third-order valence-corrected chi connectivity index (χ3v) is 4.85. The van der Waals surface area contributed by atoms with Crippen LogP contribution in [-0.4, -0.2) is 11.5 Å². The molecule has 2 aromatic rings. The van der Waals surface area contributed by atoms with Crippen molar-refractivity contribution in [3.63, 3.8) is 0 Å². The van der Waals surface area contributed by atoms with Gasteiger partial charge in [-0.25, -0.2) is 4.98 Å². The number of rotatable bonds is 4. The first-order valence-corrected chi connectivity index (χ1v) is 7.94. The van der Waals surface area contributed by atoms with Crippen molar-refractivity contribution in [3.8, 4) is 0 Å². The number of benzene rings is 1. The fourth-order valence-corrected chi connectivity index (χ4v) is 4.02. The smallest absolute Gasteiger partial charge is 0.0975 e. The topological polar surface area (TPSA) is 24.9 Å². The van der Waals surface area contributed by atoms with Gasteiger partial charge in [-0.15, -0.1) is 11.3 Å². The highest BCUT2D eigenvalue weighted by molar-refractivity contribution is 7.11. The average Bonchev–Trinajstić information content (AvgIpc) is 2.84. The van der Waals surface area contributed by atoms with Crippen LogP contribution in [0, 0.1) is 0 Å². The van der Waals surface area contributed by atoms with E-state index in [1.807, 2.05) is 11.3 Å². The molecule has 1 atom stereocenters. The third kappa shape index (κ3) is 2.88. The van der Waals surface area contributed by atoms with Gasteiger partial charge >= 0.3 is 0 Å². The van der Waals surface area contributed by atoms with Crippen LogP contribution in [0.1, 0.15) is 46.9 Å². The highest BCUT2D eigenvalue weighted by Crippen LogP contribution is 2.34. The molecule has 0 saturated carbocycles. The molecule has 0 aliphatic heterocycles. The third-order valence-electron chi connectivity index (χ3n) is 3.64. The van der Waals surface area contributed by atoms with Crippen molar-refractivity contribution >= 4 is 11.3 Å². The SMILES string of the molecule is CCNC1CCCc2nc(Cc3ccccc3)sc21. The molecule has 1 heterocycles. The van der Waals surface area contributed by atoms with Crippen molar-refractivity contribution < 1.29 is 0 Å². The van der Waals surface area contributed by atoms with Crippen LogP contribution in [0.2, 0.25) is 0 Å². The van der Waals surface area contributed by atoms with E-state index in [1.165, 1.54) is 34.0 Å². The molecule has 0 spiro atoms. The highest BCUT2D eigenvalue weighted by atomic mass is 32.1. The zero-order valence-corrected chi connectivity index (χ0v) is 12.2. The summed E-state index contributed by atoms with van der Waals surface area (Å²) in [6.07, 6.45) is 4.65. The van der Waals surface area contributed by atoms with E-state index < -0.39 is 0 Å². The summed E-state index contributed by atoms with van der Waals surface area (Å²) in [7, 11) is 0. The quantitative estimate of drug-likeness (QED) is 0.917. The number of nitrogens with zero attached hydrogens (tertiary/aromatic N) is 1. The largest absolute Gasteiger partial charge is 0.309 e. The fourth-order valence-electron chi connectivity index (χ4n) is 2.76. The molecule has 3 heteroatoms. The van der Waals surface area contributed by atoms with E-state index >= 15 is 0 Å². The molecule has 1 aromatic carbocycles. The first kappa shape index (κ1) is 12.8. The second-order valence-corrected chi connectivity index (χ2v) is 6.20. The molecule has 0 bridgehead atoms. The molecule has 0 radical (unpaired) electrons. The number of aryl methyl sites for hydroxylation is 1. The fraction of sp³-hybridized carbons (Fsp3) is 0.438. The van der Waals surface area contributed by atoms with Crippen LogP contribution in [0.3, 0.4) is 0 Å². The monoisotopic (exact) mass is 272 g/mol. The maximum Gasteiger partial charge on any atom is 0.0975 e. The minimum Gasteiger partial charge on any atom is -0.309 e.